The van der Waals surface area contributed by atoms with Gasteiger partial charge in [0.2, 0.25) is 5.76 Å². The predicted molar refractivity (Wildman–Crippen MR) is 62.1 cm³/mol. The summed E-state index contributed by atoms with van der Waals surface area (Å²) >= 11 is 0. The molecule has 0 aromatic carbocycles. The number of nitrogens with one attached hydrogen (secondary N) is 1. The lowest BCUT2D eigenvalue weighted by atomic mass is 9.87. The fourth-order valence-electron chi connectivity index (χ4n) is 2.34. The van der Waals surface area contributed by atoms with Crippen molar-refractivity contribution in [3.8, 4) is 0 Å². The molecule has 1 aliphatic carbocycles. The van der Waals surface area contributed by atoms with Crippen molar-refractivity contribution in [1.29, 1.82) is 0 Å². The van der Waals surface area contributed by atoms with Gasteiger partial charge in [0.25, 0.3) is 0 Å². The van der Waals surface area contributed by atoms with E-state index in [4.69, 9.17) is 9.52 Å². The summed E-state index contributed by atoms with van der Waals surface area (Å²) in [4.78, 5) is 10.6. The molecule has 0 atom stereocenters. The molecule has 1 aromatic heterocycles. The Morgan fingerprint density at radius 3 is 2.65 bits per heavy atom. The zero-order valence-corrected chi connectivity index (χ0v) is 9.61. The van der Waals surface area contributed by atoms with Crippen LogP contribution in [0.3, 0.4) is 0 Å². The van der Waals surface area contributed by atoms with Gasteiger partial charge < -0.3 is 19.9 Å². The Morgan fingerprint density at radius 2 is 2.12 bits per heavy atom. The van der Waals surface area contributed by atoms with Crippen LogP contribution in [0.25, 0.3) is 0 Å². The van der Waals surface area contributed by atoms with Crippen LogP contribution in [0.1, 0.15) is 36.2 Å². The van der Waals surface area contributed by atoms with Crippen molar-refractivity contribution >= 4 is 11.9 Å². The molecule has 0 amide bonds. The standard InChI is InChI=1S/C12H17NO4/c14-8-12(5-1-2-6-12)7-13-10-4-3-9(17-10)11(15)16/h3-4,13-14H,1-2,5-8H2,(H,15,16). The van der Waals surface area contributed by atoms with Crippen LogP contribution in [0.4, 0.5) is 5.88 Å². The third-order valence-electron chi connectivity index (χ3n) is 3.45. The summed E-state index contributed by atoms with van der Waals surface area (Å²) in [5, 5.41) is 21.2. The highest BCUT2D eigenvalue weighted by molar-refractivity contribution is 5.84. The molecule has 1 fully saturated rings. The topological polar surface area (TPSA) is 82.7 Å². The second-order valence-electron chi connectivity index (χ2n) is 4.69. The van der Waals surface area contributed by atoms with E-state index in [2.05, 4.69) is 5.32 Å². The lowest BCUT2D eigenvalue weighted by Crippen LogP contribution is -2.30. The van der Waals surface area contributed by atoms with Crippen molar-refractivity contribution in [3.63, 3.8) is 0 Å². The van der Waals surface area contributed by atoms with Gasteiger partial charge in [-0.1, -0.05) is 12.8 Å². The molecular weight excluding hydrogens is 222 g/mol. The molecule has 0 saturated heterocycles. The number of aliphatic hydroxyl groups is 1. The van der Waals surface area contributed by atoms with Crippen LogP contribution < -0.4 is 5.32 Å². The molecule has 94 valence electrons. The lowest BCUT2D eigenvalue weighted by Gasteiger charge is -2.26. The zero-order valence-electron chi connectivity index (χ0n) is 9.61. The summed E-state index contributed by atoms with van der Waals surface area (Å²) in [6.45, 7) is 0.780. The molecule has 2 rings (SSSR count). The van der Waals surface area contributed by atoms with Gasteiger partial charge in [0.1, 0.15) is 0 Å². The molecule has 5 nitrogen and oxygen atoms in total. The number of carboxylic acids is 1. The van der Waals surface area contributed by atoms with Gasteiger partial charge in [-0.3, -0.25) is 0 Å². The maximum atomic E-state index is 10.6. The van der Waals surface area contributed by atoms with Gasteiger partial charge >= 0.3 is 5.97 Å². The van der Waals surface area contributed by atoms with Gasteiger partial charge in [-0.25, -0.2) is 4.79 Å². The number of aliphatic hydroxyl groups excluding tert-OH is 1. The second kappa shape index (κ2) is 4.79. The Bertz CT molecular complexity index is 393. The van der Waals surface area contributed by atoms with Gasteiger partial charge in [-0.2, -0.15) is 0 Å². The van der Waals surface area contributed by atoms with Crippen LogP contribution in [0, 0.1) is 5.41 Å². The molecule has 1 heterocycles. The van der Waals surface area contributed by atoms with E-state index in [0.717, 1.165) is 25.7 Å². The number of hydrogen-bond acceptors (Lipinski definition) is 4. The highest BCUT2D eigenvalue weighted by atomic mass is 16.4. The van der Waals surface area contributed by atoms with Crippen LogP contribution in [0.5, 0.6) is 0 Å². The third kappa shape index (κ3) is 2.61. The summed E-state index contributed by atoms with van der Waals surface area (Å²) in [5.74, 6) is -0.699. The van der Waals surface area contributed by atoms with Gasteiger partial charge in [0, 0.05) is 18.0 Å². The van der Waals surface area contributed by atoms with Crippen molar-refractivity contribution < 1.29 is 19.4 Å². The number of furan rings is 1. The highest BCUT2D eigenvalue weighted by Crippen LogP contribution is 2.37. The Labute approximate surface area is 99.4 Å². The van der Waals surface area contributed by atoms with Crippen molar-refractivity contribution in [3.05, 3.63) is 17.9 Å². The molecule has 0 aliphatic heterocycles. The summed E-state index contributed by atoms with van der Waals surface area (Å²) in [6, 6.07) is 3.02. The van der Waals surface area contributed by atoms with E-state index in [0.29, 0.717) is 12.4 Å². The number of aromatic carboxylic acids is 1. The van der Waals surface area contributed by atoms with Crippen LogP contribution in [0.2, 0.25) is 0 Å². The van der Waals surface area contributed by atoms with E-state index >= 15 is 0 Å². The van der Waals surface area contributed by atoms with Gasteiger partial charge in [0.05, 0.1) is 6.61 Å². The Morgan fingerprint density at radius 1 is 1.41 bits per heavy atom. The first kappa shape index (κ1) is 12.0. The first-order chi connectivity index (χ1) is 8.15. The normalized spacial score (nSPS) is 18.2. The van der Waals surface area contributed by atoms with E-state index in [-0.39, 0.29) is 17.8 Å². The molecular formula is C12H17NO4. The summed E-state index contributed by atoms with van der Waals surface area (Å²) in [5.41, 5.74) is -0.0732. The van der Waals surface area contributed by atoms with Gasteiger partial charge in [-0.05, 0) is 18.9 Å². The molecule has 0 radical (unpaired) electrons. The second-order valence-corrected chi connectivity index (χ2v) is 4.69. The number of carbonyl (C=O) groups is 1. The molecule has 0 unspecified atom stereocenters. The van der Waals surface area contributed by atoms with E-state index in [1.165, 1.54) is 6.07 Å². The van der Waals surface area contributed by atoms with E-state index in [9.17, 15) is 9.90 Å². The Hall–Kier alpha value is -1.49. The molecule has 0 spiro atoms. The number of carboxylic acid groups (broad SMARTS) is 1. The van der Waals surface area contributed by atoms with E-state index in [1.54, 1.807) is 6.07 Å². The van der Waals surface area contributed by atoms with Crippen molar-refractivity contribution in [2.75, 3.05) is 18.5 Å². The number of rotatable bonds is 5. The molecule has 5 heteroatoms. The minimum absolute atomic E-state index is 0.0722. The Balaban J connectivity index is 1.94. The maximum absolute atomic E-state index is 10.6. The van der Waals surface area contributed by atoms with Crippen LogP contribution in [0.15, 0.2) is 16.5 Å². The monoisotopic (exact) mass is 239 g/mol. The van der Waals surface area contributed by atoms with Gasteiger partial charge in [0.15, 0.2) is 5.88 Å². The first-order valence-electron chi connectivity index (χ1n) is 5.83. The molecule has 1 aliphatic rings. The van der Waals surface area contributed by atoms with Crippen LogP contribution >= 0.6 is 0 Å². The summed E-state index contributed by atoms with van der Waals surface area (Å²) < 4.78 is 5.10. The average Bonchev–Trinajstić information content (AvgIpc) is 2.96. The van der Waals surface area contributed by atoms with Crippen molar-refractivity contribution in [2.45, 2.75) is 25.7 Å². The SMILES string of the molecule is O=C(O)c1ccc(NCC2(CO)CCCC2)o1. The van der Waals surface area contributed by atoms with Crippen LogP contribution in [-0.2, 0) is 0 Å². The van der Waals surface area contributed by atoms with Crippen molar-refractivity contribution in [2.24, 2.45) is 5.41 Å². The van der Waals surface area contributed by atoms with E-state index < -0.39 is 5.97 Å². The lowest BCUT2D eigenvalue weighted by molar-refractivity contribution is 0.0663. The maximum Gasteiger partial charge on any atom is 0.371 e. The summed E-state index contributed by atoms with van der Waals surface area (Å²) in [7, 11) is 0. The number of anilines is 1. The fourth-order valence-corrected chi connectivity index (χ4v) is 2.34. The highest BCUT2D eigenvalue weighted by Gasteiger charge is 2.33. The van der Waals surface area contributed by atoms with Crippen molar-refractivity contribution in [1.82, 2.24) is 0 Å². The van der Waals surface area contributed by atoms with Crippen LogP contribution in [-0.4, -0.2) is 29.3 Å². The van der Waals surface area contributed by atoms with E-state index in [1.807, 2.05) is 0 Å². The molecule has 17 heavy (non-hydrogen) atoms. The molecule has 3 N–H and O–H groups in total. The van der Waals surface area contributed by atoms with Gasteiger partial charge in [-0.15, -0.1) is 0 Å². The first-order valence-corrected chi connectivity index (χ1v) is 5.83. The zero-order chi connectivity index (χ0) is 12.3. The minimum atomic E-state index is -1.07. The largest absolute Gasteiger partial charge is 0.475 e. The Kier molecular flexibility index (Phi) is 3.38. The third-order valence-corrected chi connectivity index (χ3v) is 3.45. The quantitative estimate of drug-likeness (QED) is 0.731. The summed E-state index contributed by atoms with van der Waals surface area (Å²) in [6.07, 6.45) is 4.29. The minimum Gasteiger partial charge on any atom is -0.475 e. The molecule has 1 saturated carbocycles. The average molecular weight is 239 g/mol. The number of hydrogen-bond donors (Lipinski definition) is 3. The predicted octanol–water partition coefficient (Wildman–Crippen LogP) is 1.94. The molecule has 0 bridgehead atoms. The molecule has 1 aromatic rings. The smallest absolute Gasteiger partial charge is 0.371 e. The fraction of sp³-hybridized carbons (Fsp3) is 0.583.